The van der Waals surface area contributed by atoms with Crippen molar-refractivity contribution in [2.24, 2.45) is 5.92 Å². The normalized spacial score (nSPS) is 19.6. The molecule has 2 aliphatic rings. The number of piperidine rings is 1. The van der Waals surface area contributed by atoms with Crippen LogP contribution in [0.25, 0.3) is 0 Å². The second-order valence-corrected chi connectivity index (χ2v) is 8.73. The maximum Gasteiger partial charge on any atom is 0.309 e. The number of carbonyl (C=O) groups excluding carboxylic acids is 2. The van der Waals surface area contributed by atoms with E-state index in [1.165, 1.54) is 23.7 Å². The number of ether oxygens (including phenoxy) is 1. The van der Waals surface area contributed by atoms with Gasteiger partial charge in [0.1, 0.15) is 17.7 Å². The molecule has 0 N–H and O–H groups in total. The first-order valence-corrected chi connectivity index (χ1v) is 11.6. The van der Waals surface area contributed by atoms with Gasteiger partial charge >= 0.3 is 5.97 Å². The molecule has 4 rings (SSSR count). The molecule has 2 aromatic rings. The first kappa shape index (κ1) is 21.7. The molecular formula is C22H27FN4O3S. The fourth-order valence-corrected chi connectivity index (χ4v) is 5.04. The Morgan fingerprint density at radius 1 is 1.16 bits per heavy atom. The number of amides is 1. The van der Waals surface area contributed by atoms with Crippen molar-refractivity contribution in [1.82, 2.24) is 14.3 Å². The highest BCUT2D eigenvalue weighted by molar-refractivity contribution is 7.09. The number of esters is 1. The van der Waals surface area contributed by atoms with Gasteiger partial charge in [-0.05, 0) is 50.3 Å². The Kier molecular flexibility index (Phi) is 6.80. The Balaban J connectivity index is 1.37. The van der Waals surface area contributed by atoms with Crippen molar-refractivity contribution < 1.29 is 18.7 Å². The average Bonchev–Trinajstić information content (AvgIpc) is 3.44. The molecule has 1 atom stereocenters. The lowest BCUT2D eigenvalue weighted by molar-refractivity contribution is -0.151. The maximum atomic E-state index is 13.2. The van der Waals surface area contributed by atoms with Crippen LogP contribution in [0, 0.1) is 11.7 Å². The van der Waals surface area contributed by atoms with Crippen molar-refractivity contribution in [3.05, 3.63) is 41.5 Å². The summed E-state index contributed by atoms with van der Waals surface area (Å²) in [5, 5.41) is 0.759. The topological polar surface area (TPSA) is 75.6 Å². The van der Waals surface area contributed by atoms with E-state index < -0.39 is 0 Å². The summed E-state index contributed by atoms with van der Waals surface area (Å²) >= 11 is 1.31. The molecule has 9 heteroatoms. The third-order valence-electron chi connectivity index (χ3n) is 5.94. The van der Waals surface area contributed by atoms with Gasteiger partial charge in [0, 0.05) is 37.6 Å². The van der Waals surface area contributed by atoms with Crippen molar-refractivity contribution in [2.45, 2.75) is 45.1 Å². The summed E-state index contributed by atoms with van der Waals surface area (Å²) < 4.78 is 22.7. The van der Waals surface area contributed by atoms with Crippen molar-refractivity contribution in [3.63, 3.8) is 0 Å². The Morgan fingerprint density at radius 2 is 1.90 bits per heavy atom. The molecule has 1 aromatic carbocycles. The third kappa shape index (κ3) is 5.03. The molecule has 166 valence electrons. The number of hydrogen-bond donors (Lipinski definition) is 0. The highest BCUT2D eigenvalue weighted by Gasteiger charge is 2.37. The zero-order valence-electron chi connectivity index (χ0n) is 17.6. The van der Waals surface area contributed by atoms with Crippen LogP contribution < -0.4 is 4.90 Å². The van der Waals surface area contributed by atoms with Gasteiger partial charge in [-0.3, -0.25) is 9.59 Å². The molecule has 7 nitrogen and oxygen atoms in total. The van der Waals surface area contributed by atoms with Gasteiger partial charge in [0.2, 0.25) is 11.0 Å². The fourth-order valence-electron chi connectivity index (χ4n) is 4.28. The lowest BCUT2D eigenvalue weighted by atomic mass is 9.96. The van der Waals surface area contributed by atoms with E-state index in [0.29, 0.717) is 44.8 Å². The van der Waals surface area contributed by atoms with E-state index in [4.69, 9.17) is 4.74 Å². The SMILES string of the molecule is CCOC(=O)C1CCN(C(=O)C2CCCN2c2nc(Cc3ccc(F)cc3)ns2)CC1. The molecule has 1 aromatic heterocycles. The van der Waals surface area contributed by atoms with Crippen LogP contribution >= 0.6 is 11.5 Å². The minimum Gasteiger partial charge on any atom is -0.466 e. The molecule has 2 fully saturated rings. The molecule has 0 spiro atoms. The minimum absolute atomic E-state index is 0.107. The van der Waals surface area contributed by atoms with Crippen LogP contribution in [-0.2, 0) is 20.7 Å². The fraction of sp³-hybridized carbons (Fsp3) is 0.545. The summed E-state index contributed by atoms with van der Waals surface area (Å²) in [5.41, 5.74) is 0.948. The van der Waals surface area contributed by atoms with Gasteiger partial charge in [0.15, 0.2) is 0 Å². The molecule has 1 unspecified atom stereocenters. The lowest BCUT2D eigenvalue weighted by Gasteiger charge is -2.34. The summed E-state index contributed by atoms with van der Waals surface area (Å²) in [4.78, 5) is 33.7. The number of hydrogen-bond acceptors (Lipinski definition) is 7. The van der Waals surface area contributed by atoms with E-state index in [1.807, 2.05) is 11.8 Å². The molecule has 0 bridgehead atoms. The molecule has 1 amide bonds. The van der Waals surface area contributed by atoms with Crippen molar-refractivity contribution in [2.75, 3.05) is 31.1 Å². The molecule has 0 aliphatic carbocycles. The summed E-state index contributed by atoms with van der Waals surface area (Å²) in [7, 11) is 0. The van der Waals surface area contributed by atoms with E-state index in [9.17, 15) is 14.0 Å². The quantitative estimate of drug-likeness (QED) is 0.635. The molecule has 31 heavy (non-hydrogen) atoms. The third-order valence-corrected chi connectivity index (χ3v) is 6.73. The van der Waals surface area contributed by atoms with E-state index >= 15 is 0 Å². The number of benzene rings is 1. The zero-order chi connectivity index (χ0) is 21.8. The second kappa shape index (κ2) is 9.72. The minimum atomic E-state index is -0.264. The summed E-state index contributed by atoms with van der Waals surface area (Å²) in [6, 6.07) is 6.10. The van der Waals surface area contributed by atoms with Gasteiger partial charge in [0.25, 0.3) is 0 Å². The van der Waals surface area contributed by atoms with Gasteiger partial charge < -0.3 is 14.5 Å². The van der Waals surface area contributed by atoms with Crippen LogP contribution in [-0.4, -0.2) is 58.4 Å². The number of aromatic nitrogens is 2. The first-order chi connectivity index (χ1) is 15.0. The monoisotopic (exact) mass is 446 g/mol. The van der Waals surface area contributed by atoms with E-state index in [0.717, 1.165) is 30.1 Å². The summed E-state index contributed by atoms with van der Waals surface area (Å²) in [6.45, 7) is 4.14. The highest BCUT2D eigenvalue weighted by Crippen LogP contribution is 2.30. The predicted molar refractivity (Wildman–Crippen MR) is 115 cm³/mol. The first-order valence-electron chi connectivity index (χ1n) is 10.8. The number of likely N-dealkylation sites (tertiary alicyclic amines) is 1. The average molecular weight is 447 g/mol. The number of nitrogens with zero attached hydrogens (tertiary/aromatic N) is 4. The Labute approximate surface area is 185 Å². The molecule has 2 aliphatic heterocycles. The Hall–Kier alpha value is -2.55. The molecular weight excluding hydrogens is 419 g/mol. The predicted octanol–water partition coefficient (Wildman–Crippen LogP) is 3.04. The molecule has 3 heterocycles. The zero-order valence-corrected chi connectivity index (χ0v) is 18.4. The van der Waals surface area contributed by atoms with Gasteiger partial charge in [-0.1, -0.05) is 12.1 Å². The van der Waals surface area contributed by atoms with E-state index in [1.54, 1.807) is 12.1 Å². The van der Waals surface area contributed by atoms with Crippen LogP contribution in [0.15, 0.2) is 24.3 Å². The summed E-state index contributed by atoms with van der Waals surface area (Å²) in [6.07, 6.45) is 3.56. The largest absolute Gasteiger partial charge is 0.466 e. The van der Waals surface area contributed by atoms with Crippen molar-refractivity contribution in [1.29, 1.82) is 0 Å². The van der Waals surface area contributed by atoms with Crippen molar-refractivity contribution >= 4 is 28.5 Å². The van der Waals surface area contributed by atoms with Crippen LogP contribution in [0.3, 0.4) is 0 Å². The maximum absolute atomic E-state index is 13.2. The molecule has 0 saturated carbocycles. The van der Waals surface area contributed by atoms with Crippen LogP contribution in [0.1, 0.15) is 44.0 Å². The smallest absolute Gasteiger partial charge is 0.309 e. The number of anilines is 1. The molecule has 0 radical (unpaired) electrons. The number of rotatable bonds is 6. The van der Waals surface area contributed by atoms with E-state index in [2.05, 4.69) is 14.3 Å². The lowest BCUT2D eigenvalue weighted by Crippen LogP contribution is -2.49. The van der Waals surface area contributed by atoms with Gasteiger partial charge in [-0.2, -0.15) is 4.37 Å². The number of halogens is 1. The van der Waals surface area contributed by atoms with Gasteiger partial charge in [-0.15, -0.1) is 0 Å². The highest BCUT2D eigenvalue weighted by atomic mass is 32.1. The van der Waals surface area contributed by atoms with Crippen LogP contribution in [0.4, 0.5) is 9.52 Å². The summed E-state index contributed by atoms with van der Waals surface area (Å²) in [5.74, 6) is 0.260. The van der Waals surface area contributed by atoms with Crippen molar-refractivity contribution in [3.8, 4) is 0 Å². The molecule has 2 saturated heterocycles. The van der Waals surface area contributed by atoms with Gasteiger partial charge in [-0.25, -0.2) is 9.37 Å². The van der Waals surface area contributed by atoms with Crippen LogP contribution in [0.5, 0.6) is 0 Å². The second-order valence-electron chi connectivity index (χ2n) is 8.00. The number of carbonyl (C=O) groups is 2. The standard InChI is InChI=1S/C22H27FN4O3S/c1-2-30-21(29)16-9-12-26(13-10-16)20(28)18-4-3-11-27(18)22-24-19(25-31-22)14-15-5-7-17(23)8-6-15/h5-8,16,18H,2-4,9-14H2,1H3. The Morgan fingerprint density at radius 3 is 2.61 bits per heavy atom. The Bertz CT molecular complexity index is 912. The van der Waals surface area contributed by atoms with E-state index in [-0.39, 0.29) is 29.7 Å². The van der Waals surface area contributed by atoms with Gasteiger partial charge in [0.05, 0.1) is 12.5 Å². The van der Waals surface area contributed by atoms with Crippen LogP contribution in [0.2, 0.25) is 0 Å².